The summed E-state index contributed by atoms with van der Waals surface area (Å²) in [6.45, 7) is 5.05. The molecule has 6 nitrogen and oxygen atoms in total. The molecular weight excluding hydrogens is 228 g/mol. The lowest BCUT2D eigenvalue weighted by Crippen LogP contribution is -2.31. The van der Waals surface area contributed by atoms with E-state index in [1.807, 2.05) is 24.1 Å². The molecule has 0 aliphatic rings. The zero-order chi connectivity index (χ0) is 13.1. The van der Waals surface area contributed by atoms with Crippen LogP contribution in [0.1, 0.15) is 37.0 Å². The van der Waals surface area contributed by atoms with Crippen molar-refractivity contribution in [3.8, 4) is 0 Å². The van der Waals surface area contributed by atoms with Crippen LogP contribution in [0.5, 0.6) is 0 Å². The molecule has 0 aliphatic heterocycles. The number of nitrogens with one attached hydrogen (secondary N) is 1. The molecule has 2 aromatic heterocycles. The fourth-order valence-electron chi connectivity index (χ4n) is 2.22. The summed E-state index contributed by atoms with van der Waals surface area (Å²) in [6.07, 6.45) is 6.63. The van der Waals surface area contributed by atoms with Gasteiger partial charge in [-0.15, -0.1) is 0 Å². The van der Waals surface area contributed by atoms with E-state index in [-0.39, 0.29) is 6.04 Å². The number of rotatable bonds is 5. The zero-order valence-electron chi connectivity index (χ0n) is 11.1. The highest BCUT2D eigenvalue weighted by Gasteiger charge is 2.22. The fraction of sp³-hybridized carbons (Fsp3) is 0.500. The molecule has 2 aromatic rings. The molecule has 3 N–H and O–H groups in total. The van der Waals surface area contributed by atoms with Gasteiger partial charge in [-0.25, -0.2) is 10.4 Å². The Bertz CT molecular complexity index is 512. The van der Waals surface area contributed by atoms with Crippen molar-refractivity contribution in [3.63, 3.8) is 0 Å². The maximum absolute atomic E-state index is 5.71. The number of hydrazine groups is 1. The minimum Gasteiger partial charge on any atom is -0.334 e. The third kappa shape index (κ3) is 2.16. The molecule has 0 aromatic carbocycles. The average Bonchev–Trinajstić information content (AvgIpc) is 2.97. The number of nitrogens with zero attached hydrogens (tertiary/aromatic N) is 4. The van der Waals surface area contributed by atoms with Crippen molar-refractivity contribution in [1.82, 2.24) is 24.8 Å². The second-order valence-electron chi connectivity index (χ2n) is 4.23. The molecule has 2 rings (SSSR count). The monoisotopic (exact) mass is 248 g/mol. The van der Waals surface area contributed by atoms with Gasteiger partial charge in [-0.1, -0.05) is 6.92 Å². The third-order valence-corrected chi connectivity index (χ3v) is 3.10. The van der Waals surface area contributed by atoms with E-state index in [0.717, 1.165) is 30.0 Å². The molecule has 0 bridgehead atoms. The largest absolute Gasteiger partial charge is 0.334 e. The van der Waals surface area contributed by atoms with Crippen LogP contribution < -0.4 is 11.3 Å². The molecule has 6 heteroatoms. The molecular formula is C12H20N6. The van der Waals surface area contributed by atoms with Crippen molar-refractivity contribution in [2.75, 3.05) is 0 Å². The van der Waals surface area contributed by atoms with Gasteiger partial charge in [-0.05, 0) is 13.3 Å². The first-order chi connectivity index (χ1) is 8.71. The van der Waals surface area contributed by atoms with Crippen LogP contribution in [0.2, 0.25) is 0 Å². The Balaban J connectivity index is 2.44. The van der Waals surface area contributed by atoms with E-state index in [0.29, 0.717) is 0 Å². The first-order valence-corrected chi connectivity index (χ1v) is 6.20. The van der Waals surface area contributed by atoms with Gasteiger partial charge in [-0.2, -0.15) is 5.10 Å². The SMILES string of the molecule is CCc1nn(C)cc1C(NN)c1nccn1CC. The van der Waals surface area contributed by atoms with E-state index in [1.54, 1.807) is 6.20 Å². The number of aromatic nitrogens is 4. The summed E-state index contributed by atoms with van der Waals surface area (Å²) in [5.41, 5.74) is 4.98. The van der Waals surface area contributed by atoms with E-state index in [9.17, 15) is 0 Å². The van der Waals surface area contributed by atoms with Crippen LogP contribution in [0.3, 0.4) is 0 Å². The minimum absolute atomic E-state index is 0.122. The average molecular weight is 248 g/mol. The summed E-state index contributed by atoms with van der Waals surface area (Å²) < 4.78 is 3.90. The van der Waals surface area contributed by atoms with Gasteiger partial charge in [0, 0.05) is 37.7 Å². The van der Waals surface area contributed by atoms with Crippen molar-refractivity contribution < 1.29 is 0 Å². The minimum atomic E-state index is -0.122. The zero-order valence-corrected chi connectivity index (χ0v) is 11.1. The van der Waals surface area contributed by atoms with Gasteiger partial charge < -0.3 is 4.57 Å². The summed E-state index contributed by atoms with van der Waals surface area (Å²) in [5.74, 6) is 6.63. The number of hydrogen-bond acceptors (Lipinski definition) is 4. The van der Waals surface area contributed by atoms with Gasteiger partial charge in [0.15, 0.2) is 0 Å². The lowest BCUT2D eigenvalue weighted by Gasteiger charge is -2.16. The predicted octanol–water partition coefficient (Wildman–Crippen LogP) is 0.752. The van der Waals surface area contributed by atoms with Crippen molar-refractivity contribution >= 4 is 0 Å². The molecule has 0 aliphatic carbocycles. The summed E-state index contributed by atoms with van der Waals surface area (Å²) in [5, 5.41) is 4.45. The standard InChI is InChI=1S/C12H20N6/c1-4-10-9(8-17(3)16-10)11(15-13)12-14-6-7-18(12)5-2/h6-8,11,15H,4-5,13H2,1-3H3. The maximum atomic E-state index is 5.71. The summed E-state index contributed by atoms with van der Waals surface area (Å²) in [6, 6.07) is -0.122. The maximum Gasteiger partial charge on any atom is 0.131 e. The first kappa shape index (κ1) is 12.8. The highest BCUT2D eigenvalue weighted by molar-refractivity contribution is 5.27. The van der Waals surface area contributed by atoms with Gasteiger partial charge >= 0.3 is 0 Å². The summed E-state index contributed by atoms with van der Waals surface area (Å²) in [4.78, 5) is 4.40. The number of aryl methyl sites for hydroxylation is 3. The Labute approximate surface area is 107 Å². The van der Waals surface area contributed by atoms with Crippen LogP contribution >= 0.6 is 0 Å². The summed E-state index contributed by atoms with van der Waals surface area (Å²) in [7, 11) is 1.92. The summed E-state index contributed by atoms with van der Waals surface area (Å²) >= 11 is 0. The van der Waals surface area contributed by atoms with Crippen molar-refractivity contribution in [2.24, 2.45) is 12.9 Å². The van der Waals surface area contributed by atoms with E-state index in [4.69, 9.17) is 5.84 Å². The van der Waals surface area contributed by atoms with Gasteiger partial charge in [0.1, 0.15) is 11.9 Å². The predicted molar refractivity (Wildman–Crippen MR) is 69.7 cm³/mol. The second kappa shape index (κ2) is 5.32. The Kier molecular flexibility index (Phi) is 3.78. The normalized spacial score (nSPS) is 12.9. The first-order valence-electron chi connectivity index (χ1n) is 6.20. The molecule has 2 heterocycles. The van der Waals surface area contributed by atoms with Gasteiger partial charge in [-0.3, -0.25) is 10.5 Å². The lowest BCUT2D eigenvalue weighted by atomic mass is 10.1. The van der Waals surface area contributed by atoms with E-state index < -0.39 is 0 Å². The second-order valence-corrected chi connectivity index (χ2v) is 4.23. The molecule has 0 spiro atoms. The van der Waals surface area contributed by atoms with Crippen molar-refractivity contribution in [3.05, 3.63) is 35.7 Å². The Morgan fingerprint density at radius 1 is 1.44 bits per heavy atom. The van der Waals surface area contributed by atoms with Gasteiger partial charge in [0.05, 0.1) is 5.69 Å². The van der Waals surface area contributed by atoms with Crippen LogP contribution in [-0.4, -0.2) is 19.3 Å². The van der Waals surface area contributed by atoms with Crippen LogP contribution in [0, 0.1) is 0 Å². The van der Waals surface area contributed by atoms with E-state index in [1.165, 1.54) is 0 Å². The van der Waals surface area contributed by atoms with E-state index >= 15 is 0 Å². The smallest absolute Gasteiger partial charge is 0.131 e. The number of imidazole rings is 1. The number of nitrogens with two attached hydrogens (primary N) is 1. The Morgan fingerprint density at radius 3 is 2.83 bits per heavy atom. The molecule has 0 fully saturated rings. The quantitative estimate of drug-likeness (QED) is 0.605. The topological polar surface area (TPSA) is 73.7 Å². The van der Waals surface area contributed by atoms with Crippen molar-refractivity contribution in [2.45, 2.75) is 32.9 Å². The lowest BCUT2D eigenvalue weighted by molar-refractivity contribution is 0.557. The van der Waals surface area contributed by atoms with Crippen molar-refractivity contribution in [1.29, 1.82) is 0 Å². The Morgan fingerprint density at radius 2 is 2.22 bits per heavy atom. The molecule has 18 heavy (non-hydrogen) atoms. The Hall–Kier alpha value is -1.66. The highest BCUT2D eigenvalue weighted by Crippen LogP contribution is 2.23. The molecule has 0 saturated carbocycles. The molecule has 1 atom stereocenters. The molecule has 0 amide bonds. The van der Waals surface area contributed by atoms with Crippen LogP contribution in [0.25, 0.3) is 0 Å². The van der Waals surface area contributed by atoms with Gasteiger partial charge in [0.25, 0.3) is 0 Å². The molecule has 0 saturated heterocycles. The van der Waals surface area contributed by atoms with Gasteiger partial charge in [0.2, 0.25) is 0 Å². The molecule has 98 valence electrons. The highest BCUT2D eigenvalue weighted by atomic mass is 15.3. The van der Waals surface area contributed by atoms with Crippen LogP contribution in [0.15, 0.2) is 18.6 Å². The van der Waals surface area contributed by atoms with E-state index in [2.05, 4.69) is 33.9 Å². The fourth-order valence-corrected chi connectivity index (χ4v) is 2.22. The van der Waals surface area contributed by atoms with Crippen LogP contribution in [0.4, 0.5) is 0 Å². The van der Waals surface area contributed by atoms with Crippen LogP contribution in [-0.2, 0) is 20.0 Å². The third-order valence-electron chi connectivity index (χ3n) is 3.10. The molecule has 1 unspecified atom stereocenters. The molecule has 0 radical (unpaired) electrons. The number of hydrogen-bond donors (Lipinski definition) is 2.